The third kappa shape index (κ3) is 4.99. The summed E-state index contributed by atoms with van der Waals surface area (Å²) in [6.07, 6.45) is -0.0140. The second-order valence-electron chi connectivity index (χ2n) is 4.72. The molecule has 0 aliphatic heterocycles. The lowest BCUT2D eigenvalue weighted by atomic mass is 10.1. The van der Waals surface area contributed by atoms with Crippen LogP contribution in [0.4, 0.5) is 0 Å². The number of hydrogen-bond acceptors (Lipinski definition) is 7. The maximum absolute atomic E-state index is 12.0. The summed E-state index contributed by atoms with van der Waals surface area (Å²) in [5, 5.41) is 0.462. The monoisotopic (exact) mass is 337 g/mol. The fourth-order valence-electron chi connectivity index (χ4n) is 1.98. The third-order valence-electron chi connectivity index (χ3n) is 3.02. The Morgan fingerprint density at radius 2 is 1.96 bits per heavy atom. The number of carbonyl (C=O) groups is 2. The van der Waals surface area contributed by atoms with Crippen molar-refractivity contribution in [2.24, 2.45) is 5.92 Å². The number of para-hydroxylation sites is 2. The Labute approximate surface area is 138 Å². The fourth-order valence-corrected chi connectivity index (χ4v) is 2.89. The average Bonchev–Trinajstić information content (AvgIpc) is 2.94. The molecular formula is C16H19NO5S. The van der Waals surface area contributed by atoms with E-state index in [-0.39, 0.29) is 19.6 Å². The molecule has 23 heavy (non-hydrogen) atoms. The summed E-state index contributed by atoms with van der Waals surface area (Å²) in [5.41, 5.74) is 1.45. The molecule has 0 aliphatic carbocycles. The van der Waals surface area contributed by atoms with E-state index in [9.17, 15) is 9.59 Å². The van der Waals surface area contributed by atoms with E-state index in [4.69, 9.17) is 13.9 Å². The fraction of sp³-hybridized carbons (Fsp3) is 0.438. The number of aromatic nitrogens is 1. The number of benzene rings is 1. The van der Waals surface area contributed by atoms with Crippen molar-refractivity contribution in [1.82, 2.24) is 4.98 Å². The van der Waals surface area contributed by atoms with Crippen molar-refractivity contribution in [1.29, 1.82) is 0 Å². The van der Waals surface area contributed by atoms with E-state index in [0.29, 0.717) is 16.6 Å². The minimum absolute atomic E-state index is 0.0140. The van der Waals surface area contributed by atoms with Crippen LogP contribution in [0.2, 0.25) is 0 Å². The molecule has 2 rings (SSSR count). The van der Waals surface area contributed by atoms with Crippen LogP contribution in [0.25, 0.3) is 11.1 Å². The van der Waals surface area contributed by atoms with Crippen LogP contribution in [0.3, 0.4) is 0 Å². The summed E-state index contributed by atoms with van der Waals surface area (Å²) in [4.78, 5) is 28.0. The van der Waals surface area contributed by atoms with Crippen LogP contribution >= 0.6 is 11.8 Å². The predicted octanol–water partition coefficient (Wildman–Crippen LogP) is 3.05. The van der Waals surface area contributed by atoms with Gasteiger partial charge in [-0.25, -0.2) is 4.98 Å². The smallest absolute Gasteiger partial charge is 0.310 e. The third-order valence-corrected chi connectivity index (χ3v) is 4.01. The average molecular weight is 337 g/mol. The topological polar surface area (TPSA) is 78.6 Å². The molecule has 0 radical (unpaired) electrons. The van der Waals surface area contributed by atoms with Gasteiger partial charge in [0.25, 0.3) is 5.22 Å². The lowest BCUT2D eigenvalue weighted by Gasteiger charge is -2.13. The van der Waals surface area contributed by atoms with E-state index in [0.717, 1.165) is 5.52 Å². The molecule has 0 saturated carbocycles. The summed E-state index contributed by atoms with van der Waals surface area (Å²) >= 11 is 1.28. The number of nitrogens with zero attached hydrogens (tertiary/aromatic N) is 1. The van der Waals surface area contributed by atoms with E-state index in [1.807, 2.05) is 24.3 Å². The van der Waals surface area contributed by atoms with Gasteiger partial charge in [-0.05, 0) is 26.0 Å². The Morgan fingerprint density at radius 1 is 1.22 bits per heavy atom. The van der Waals surface area contributed by atoms with Gasteiger partial charge < -0.3 is 13.9 Å². The lowest BCUT2D eigenvalue weighted by molar-refractivity contribution is -0.153. The second kappa shape index (κ2) is 8.57. The van der Waals surface area contributed by atoms with Gasteiger partial charge in [-0.3, -0.25) is 9.59 Å². The summed E-state index contributed by atoms with van der Waals surface area (Å²) in [6, 6.07) is 7.42. The van der Waals surface area contributed by atoms with Gasteiger partial charge in [0.15, 0.2) is 5.58 Å². The summed E-state index contributed by atoms with van der Waals surface area (Å²) in [5.74, 6) is -1.08. The van der Waals surface area contributed by atoms with Crippen molar-refractivity contribution < 1.29 is 23.5 Å². The molecule has 0 bridgehead atoms. The maximum Gasteiger partial charge on any atom is 0.310 e. The van der Waals surface area contributed by atoms with E-state index in [1.54, 1.807) is 13.8 Å². The van der Waals surface area contributed by atoms with E-state index in [2.05, 4.69) is 4.98 Å². The van der Waals surface area contributed by atoms with Gasteiger partial charge in [0, 0.05) is 5.75 Å². The molecule has 6 nitrogen and oxygen atoms in total. The van der Waals surface area contributed by atoms with E-state index < -0.39 is 17.9 Å². The highest BCUT2D eigenvalue weighted by Gasteiger charge is 2.25. The van der Waals surface area contributed by atoms with Crippen LogP contribution in [0, 0.1) is 5.92 Å². The highest BCUT2D eigenvalue weighted by molar-refractivity contribution is 7.99. The highest BCUT2D eigenvalue weighted by Crippen LogP contribution is 2.26. The zero-order valence-corrected chi connectivity index (χ0v) is 13.9. The molecule has 2 aromatic rings. The predicted molar refractivity (Wildman–Crippen MR) is 86.1 cm³/mol. The molecule has 0 amide bonds. The van der Waals surface area contributed by atoms with E-state index in [1.165, 1.54) is 11.8 Å². The van der Waals surface area contributed by atoms with Gasteiger partial charge in [-0.2, -0.15) is 0 Å². The molecule has 1 aromatic heterocycles. The number of thioether (sulfide) groups is 1. The summed E-state index contributed by atoms with van der Waals surface area (Å²) in [7, 11) is 0. The number of rotatable bonds is 8. The molecule has 0 saturated heterocycles. The normalized spacial score (nSPS) is 12.1. The molecule has 0 aliphatic rings. The quantitative estimate of drug-likeness (QED) is 0.541. The van der Waals surface area contributed by atoms with Crippen molar-refractivity contribution >= 4 is 34.8 Å². The largest absolute Gasteiger partial charge is 0.466 e. The van der Waals surface area contributed by atoms with Crippen LogP contribution in [0.1, 0.15) is 20.3 Å². The number of carbonyl (C=O) groups excluding carboxylic acids is 2. The summed E-state index contributed by atoms with van der Waals surface area (Å²) in [6.45, 7) is 4.01. The highest BCUT2D eigenvalue weighted by atomic mass is 32.2. The number of esters is 2. The molecule has 0 fully saturated rings. The Kier molecular flexibility index (Phi) is 6.46. The molecular weight excluding hydrogens is 318 g/mol. The van der Waals surface area contributed by atoms with Gasteiger partial charge in [0.05, 0.1) is 25.6 Å². The van der Waals surface area contributed by atoms with Crippen LogP contribution in [0.15, 0.2) is 33.9 Å². The zero-order valence-electron chi connectivity index (χ0n) is 13.1. The standard InChI is InChI=1S/C16H19NO5S/c1-3-20-14(18)9-11(15(19)21-4-2)10-23-16-17-12-7-5-6-8-13(12)22-16/h5-8,11H,3-4,9-10H2,1-2H3. The zero-order chi connectivity index (χ0) is 16.7. The van der Waals surface area contributed by atoms with E-state index >= 15 is 0 Å². The second-order valence-corrected chi connectivity index (χ2v) is 5.69. The first kappa shape index (κ1) is 17.3. The maximum atomic E-state index is 12.0. The van der Waals surface area contributed by atoms with Crippen LogP contribution in [-0.2, 0) is 19.1 Å². The number of fused-ring (bicyclic) bond motifs is 1. The van der Waals surface area contributed by atoms with Gasteiger partial charge >= 0.3 is 11.9 Å². The minimum atomic E-state index is -0.589. The number of hydrogen-bond donors (Lipinski definition) is 0. The molecule has 0 N–H and O–H groups in total. The molecule has 0 spiro atoms. The molecule has 124 valence electrons. The Hall–Kier alpha value is -2.02. The molecule has 1 heterocycles. The summed E-state index contributed by atoms with van der Waals surface area (Å²) < 4.78 is 15.5. The number of oxazole rings is 1. The lowest BCUT2D eigenvalue weighted by Crippen LogP contribution is -2.24. The van der Waals surface area contributed by atoms with Crippen LogP contribution in [0.5, 0.6) is 0 Å². The first-order valence-electron chi connectivity index (χ1n) is 7.44. The van der Waals surface area contributed by atoms with Crippen molar-refractivity contribution in [2.45, 2.75) is 25.5 Å². The van der Waals surface area contributed by atoms with Gasteiger partial charge in [-0.1, -0.05) is 23.9 Å². The SMILES string of the molecule is CCOC(=O)CC(CSc1nc2ccccc2o1)C(=O)OCC. The Bertz CT molecular complexity index is 636. The van der Waals surface area contributed by atoms with Crippen LogP contribution in [-0.4, -0.2) is 35.9 Å². The molecule has 7 heteroatoms. The molecule has 1 unspecified atom stereocenters. The Balaban J connectivity index is 2.01. The Morgan fingerprint density at radius 3 is 2.65 bits per heavy atom. The molecule has 1 atom stereocenters. The first-order chi connectivity index (χ1) is 11.1. The van der Waals surface area contributed by atoms with Gasteiger partial charge in [0.1, 0.15) is 5.52 Å². The van der Waals surface area contributed by atoms with Gasteiger partial charge in [0.2, 0.25) is 0 Å². The van der Waals surface area contributed by atoms with Gasteiger partial charge in [-0.15, -0.1) is 0 Å². The minimum Gasteiger partial charge on any atom is -0.466 e. The van der Waals surface area contributed by atoms with Crippen molar-refractivity contribution in [3.8, 4) is 0 Å². The van der Waals surface area contributed by atoms with Crippen molar-refractivity contribution in [3.63, 3.8) is 0 Å². The van der Waals surface area contributed by atoms with Crippen molar-refractivity contribution in [3.05, 3.63) is 24.3 Å². The first-order valence-corrected chi connectivity index (χ1v) is 8.43. The molecule has 1 aromatic carbocycles. The van der Waals surface area contributed by atoms with Crippen LogP contribution < -0.4 is 0 Å². The van der Waals surface area contributed by atoms with Crippen molar-refractivity contribution in [2.75, 3.05) is 19.0 Å². The number of ether oxygens (including phenoxy) is 2.